The molecule has 6 nitrogen and oxygen atoms in total. The van der Waals surface area contributed by atoms with Gasteiger partial charge in [0.2, 0.25) is 10.0 Å². The van der Waals surface area contributed by atoms with Gasteiger partial charge in [0, 0.05) is 18.5 Å². The second kappa shape index (κ2) is 9.43. The summed E-state index contributed by atoms with van der Waals surface area (Å²) in [6.07, 6.45) is 3.32. The predicted molar refractivity (Wildman–Crippen MR) is 114 cm³/mol. The molecule has 3 rings (SSSR count). The Morgan fingerprint density at radius 3 is 2.45 bits per heavy atom. The van der Waals surface area contributed by atoms with Gasteiger partial charge in [-0.05, 0) is 49.7 Å². The summed E-state index contributed by atoms with van der Waals surface area (Å²) >= 11 is 0. The minimum atomic E-state index is -3.49. The van der Waals surface area contributed by atoms with Gasteiger partial charge in [0.25, 0.3) is 0 Å². The third-order valence-corrected chi connectivity index (χ3v) is 5.97. The highest BCUT2D eigenvalue weighted by Crippen LogP contribution is 2.33. The summed E-state index contributed by atoms with van der Waals surface area (Å²) in [7, 11) is -3.49. The Labute approximate surface area is 171 Å². The van der Waals surface area contributed by atoms with Gasteiger partial charge in [0.15, 0.2) is 11.5 Å². The van der Waals surface area contributed by atoms with Crippen molar-refractivity contribution in [1.82, 2.24) is 4.98 Å². The molecule has 0 aliphatic rings. The third-order valence-electron chi connectivity index (χ3n) is 4.23. The first-order chi connectivity index (χ1) is 14.0. The number of benzene rings is 2. The Kier molecular flexibility index (Phi) is 6.72. The van der Waals surface area contributed by atoms with Crippen molar-refractivity contribution in [3.8, 4) is 17.2 Å². The molecule has 3 aromatic rings. The maximum Gasteiger partial charge on any atom is 0.235 e. The van der Waals surface area contributed by atoms with Crippen molar-refractivity contribution in [1.29, 1.82) is 0 Å². The van der Waals surface area contributed by atoms with Gasteiger partial charge in [-0.3, -0.25) is 9.29 Å². The predicted octanol–water partition coefficient (Wildman–Crippen LogP) is 4.63. The van der Waals surface area contributed by atoms with Crippen LogP contribution in [0.4, 0.5) is 5.69 Å². The lowest BCUT2D eigenvalue weighted by atomic mass is 10.2. The number of anilines is 1. The Balaban J connectivity index is 1.93. The molecule has 0 spiro atoms. The molecular formula is C22H24N2O4S. The van der Waals surface area contributed by atoms with Crippen LogP contribution >= 0.6 is 0 Å². The largest absolute Gasteiger partial charge is 0.490 e. The van der Waals surface area contributed by atoms with Crippen LogP contribution in [0.5, 0.6) is 17.2 Å². The van der Waals surface area contributed by atoms with Gasteiger partial charge >= 0.3 is 0 Å². The number of aromatic nitrogens is 1. The van der Waals surface area contributed by atoms with Gasteiger partial charge in [-0.15, -0.1) is 0 Å². The van der Waals surface area contributed by atoms with Gasteiger partial charge in [0.1, 0.15) is 5.75 Å². The van der Waals surface area contributed by atoms with Gasteiger partial charge in [0.05, 0.1) is 24.6 Å². The van der Waals surface area contributed by atoms with E-state index in [9.17, 15) is 8.42 Å². The maximum absolute atomic E-state index is 12.8. The van der Waals surface area contributed by atoms with E-state index in [1.807, 2.05) is 37.3 Å². The molecule has 0 aliphatic heterocycles. The quantitative estimate of drug-likeness (QED) is 0.513. The first-order valence-electron chi connectivity index (χ1n) is 9.42. The molecule has 0 fully saturated rings. The van der Waals surface area contributed by atoms with E-state index in [4.69, 9.17) is 9.47 Å². The van der Waals surface area contributed by atoms with Crippen LogP contribution in [-0.4, -0.2) is 25.8 Å². The van der Waals surface area contributed by atoms with Gasteiger partial charge in [-0.1, -0.05) is 24.3 Å². The zero-order valence-corrected chi connectivity index (χ0v) is 17.3. The summed E-state index contributed by atoms with van der Waals surface area (Å²) in [6, 6.07) is 18.0. The number of para-hydroxylation sites is 2. The number of sulfonamides is 1. The molecule has 29 heavy (non-hydrogen) atoms. The SMILES string of the molecule is CCOc1ccccc1Oc1cccc(N(Cc2cccnc2)S(=O)(=O)CC)c1. The topological polar surface area (TPSA) is 68.7 Å². The molecule has 0 N–H and O–H groups in total. The highest BCUT2D eigenvalue weighted by Gasteiger charge is 2.21. The summed E-state index contributed by atoms with van der Waals surface area (Å²) in [5.41, 5.74) is 1.33. The fourth-order valence-corrected chi connectivity index (χ4v) is 3.89. The van der Waals surface area contributed by atoms with Crippen molar-refractivity contribution < 1.29 is 17.9 Å². The van der Waals surface area contributed by atoms with Gasteiger partial charge in [-0.25, -0.2) is 8.42 Å². The van der Waals surface area contributed by atoms with E-state index in [2.05, 4.69) is 4.98 Å². The summed E-state index contributed by atoms with van der Waals surface area (Å²) in [4.78, 5) is 4.08. The molecule has 0 aliphatic carbocycles. The highest BCUT2D eigenvalue weighted by atomic mass is 32.2. The van der Waals surface area contributed by atoms with E-state index in [0.717, 1.165) is 5.56 Å². The second-order valence-corrected chi connectivity index (χ2v) is 8.43. The van der Waals surface area contributed by atoms with E-state index in [-0.39, 0.29) is 12.3 Å². The first-order valence-corrected chi connectivity index (χ1v) is 11.0. The van der Waals surface area contributed by atoms with Crippen LogP contribution in [0.3, 0.4) is 0 Å². The fourth-order valence-electron chi connectivity index (χ4n) is 2.80. The monoisotopic (exact) mass is 412 g/mol. The van der Waals surface area contributed by atoms with Gasteiger partial charge in [-0.2, -0.15) is 0 Å². The zero-order chi connectivity index (χ0) is 20.7. The van der Waals surface area contributed by atoms with E-state index in [1.165, 1.54) is 4.31 Å². The number of rotatable bonds is 9. The Hall–Kier alpha value is -3.06. The molecule has 0 radical (unpaired) electrons. The average molecular weight is 413 g/mol. The summed E-state index contributed by atoms with van der Waals surface area (Å²) < 4.78 is 38.5. The molecule has 0 saturated heterocycles. The molecule has 0 bridgehead atoms. The standard InChI is InChI=1S/C22H24N2O4S/c1-3-27-21-12-5-6-13-22(21)28-20-11-7-10-19(15-20)24(29(25,26)4-2)17-18-9-8-14-23-16-18/h5-16H,3-4,17H2,1-2H3. The molecule has 0 unspecified atom stereocenters. The van der Waals surface area contributed by atoms with Crippen molar-refractivity contribution in [2.45, 2.75) is 20.4 Å². The summed E-state index contributed by atoms with van der Waals surface area (Å²) in [5, 5.41) is 0. The molecule has 0 atom stereocenters. The number of ether oxygens (including phenoxy) is 2. The van der Waals surface area contributed by atoms with E-state index < -0.39 is 10.0 Å². The Morgan fingerprint density at radius 1 is 0.966 bits per heavy atom. The van der Waals surface area contributed by atoms with Crippen molar-refractivity contribution >= 4 is 15.7 Å². The molecule has 152 valence electrons. The molecular weight excluding hydrogens is 388 g/mol. The molecule has 1 aromatic heterocycles. The fraction of sp³-hybridized carbons (Fsp3) is 0.227. The van der Waals surface area contributed by atoms with E-state index in [0.29, 0.717) is 29.5 Å². The van der Waals surface area contributed by atoms with Crippen LogP contribution in [0.25, 0.3) is 0 Å². The van der Waals surface area contributed by atoms with Crippen molar-refractivity contribution in [2.24, 2.45) is 0 Å². The molecule has 0 amide bonds. The normalized spacial score (nSPS) is 11.1. The second-order valence-electron chi connectivity index (χ2n) is 6.25. The van der Waals surface area contributed by atoms with E-state index in [1.54, 1.807) is 49.6 Å². The van der Waals surface area contributed by atoms with Crippen LogP contribution in [0.1, 0.15) is 19.4 Å². The summed E-state index contributed by atoms with van der Waals surface area (Å²) in [5.74, 6) is 1.72. The lowest BCUT2D eigenvalue weighted by Crippen LogP contribution is -2.31. The highest BCUT2D eigenvalue weighted by molar-refractivity contribution is 7.92. The minimum absolute atomic E-state index is 0.00841. The molecule has 0 saturated carbocycles. The summed E-state index contributed by atoms with van der Waals surface area (Å²) in [6.45, 7) is 4.25. The van der Waals surface area contributed by atoms with Crippen LogP contribution in [0.2, 0.25) is 0 Å². The van der Waals surface area contributed by atoms with Gasteiger partial charge < -0.3 is 9.47 Å². The Morgan fingerprint density at radius 2 is 1.76 bits per heavy atom. The zero-order valence-electron chi connectivity index (χ0n) is 16.5. The van der Waals surface area contributed by atoms with Crippen LogP contribution < -0.4 is 13.8 Å². The number of hydrogen-bond acceptors (Lipinski definition) is 5. The number of nitrogens with zero attached hydrogens (tertiary/aromatic N) is 2. The molecule has 1 heterocycles. The molecule has 2 aromatic carbocycles. The maximum atomic E-state index is 12.8. The molecule has 7 heteroatoms. The van der Waals surface area contributed by atoms with Crippen LogP contribution in [-0.2, 0) is 16.6 Å². The van der Waals surface area contributed by atoms with Crippen molar-refractivity contribution in [3.63, 3.8) is 0 Å². The Bertz CT molecular complexity index is 1040. The lowest BCUT2D eigenvalue weighted by Gasteiger charge is -2.24. The smallest absolute Gasteiger partial charge is 0.235 e. The number of hydrogen-bond donors (Lipinski definition) is 0. The minimum Gasteiger partial charge on any atom is -0.490 e. The third kappa shape index (κ3) is 5.26. The average Bonchev–Trinajstić information content (AvgIpc) is 2.74. The van der Waals surface area contributed by atoms with Crippen LogP contribution in [0.15, 0.2) is 73.1 Å². The first kappa shape index (κ1) is 20.7. The lowest BCUT2D eigenvalue weighted by molar-refractivity contribution is 0.321. The van der Waals surface area contributed by atoms with Crippen molar-refractivity contribution in [2.75, 3.05) is 16.7 Å². The van der Waals surface area contributed by atoms with Crippen LogP contribution in [0, 0.1) is 0 Å². The number of pyridine rings is 1. The van der Waals surface area contributed by atoms with E-state index >= 15 is 0 Å². The van der Waals surface area contributed by atoms with Crippen molar-refractivity contribution in [3.05, 3.63) is 78.6 Å².